The molecular formula is C18H13N3O5S2. The standard InChI is InChI=1S/C18H13N3O5S2/c22-14-4-2-1-3-11(14)9-15-17(24)20(18(27)28-15)10-16(23)19-12-5-7-13(8-6-12)21(25)26/h1-9,22H,10H2,(H,19,23)/b15-9-. The van der Waals surface area contributed by atoms with Crippen molar-refractivity contribution in [3.63, 3.8) is 0 Å². The number of anilines is 1. The predicted molar refractivity (Wildman–Crippen MR) is 110 cm³/mol. The number of hydrogen-bond acceptors (Lipinski definition) is 7. The minimum absolute atomic E-state index is 0.0312. The van der Waals surface area contributed by atoms with Crippen LogP contribution >= 0.6 is 24.0 Å². The smallest absolute Gasteiger partial charge is 0.269 e. The molecule has 0 spiro atoms. The van der Waals surface area contributed by atoms with Crippen molar-refractivity contribution in [2.45, 2.75) is 0 Å². The van der Waals surface area contributed by atoms with E-state index in [0.29, 0.717) is 16.2 Å². The van der Waals surface area contributed by atoms with Crippen LogP contribution in [0.1, 0.15) is 5.56 Å². The van der Waals surface area contributed by atoms with Gasteiger partial charge in [0, 0.05) is 23.4 Å². The lowest BCUT2D eigenvalue weighted by molar-refractivity contribution is -0.384. The fourth-order valence-electron chi connectivity index (χ4n) is 2.40. The van der Waals surface area contributed by atoms with Crippen molar-refractivity contribution in [2.24, 2.45) is 0 Å². The van der Waals surface area contributed by atoms with E-state index in [1.807, 2.05) is 0 Å². The van der Waals surface area contributed by atoms with Crippen LogP contribution in [-0.4, -0.2) is 37.6 Å². The third-order valence-electron chi connectivity index (χ3n) is 3.76. The van der Waals surface area contributed by atoms with Gasteiger partial charge in [-0.05, 0) is 24.3 Å². The molecule has 2 N–H and O–H groups in total. The summed E-state index contributed by atoms with van der Waals surface area (Å²) >= 11 is 6.22. The largest absolute Gasteiger partial charge is 0.507 e. The third kappa shape index (κ3) is 4.35. The van der Waals surface area contributed by atoms with Gasteiger partial charge in [-0.3, -0.25) is 24.6 Å². The molecular weight excluding hydrogens is 402 g/mol. The van der Waals surface area contributed by atoms with Gasteiger partial charge in [0.05, 0.1) is 9.83 Å². The number of phenolic OH excluding ortho intramolecular Hbond substituents is 1. The maximum Gasteiger partial charge on any atom is 0.269 e. The van der Waals surface area contributed by atoms with E-state index in [4.69, 9.17) is 12.2 Å². The first kappa shape index (κ1) is 19.5. The van der Waals surface area contributed by atoms with Crippen molar-refractivity contribution in [1.29, 1.82) is 0 Å². The first-order valence-corrected chi connectivity index (χ1v) is 9.15. The van der Waals surface area contributed by atoms with E-state index in [-0.39, 0.29) is 22.3 Å². The number of rotatable bonds is 5. The molecule has 1 heterocycles. The number of thioether (sulfide) groups is 1. The summed E-state index contributed by atoms with van der Waals surface area (Å²) in [4.78, 5) is 36.4. The van der Waals surface area contributed by atoms with E-state index in [1.54, 1.807) is 18.2 Å². The van der Waals surface area contributed by atoms with E-state index in [9.17, 15) is 24.8 Å². The Kier molecular flexibility index (Phi) is 5.71. The summed E-state index contributed by atoms with van der Waals surface area (Å²) in [5.41, 5.74) is 0.744. The number of non-ortho nitro benzene ring substituents is 1. The average molecular weight is 415 g/mol. The lowest BCUT2D eigenvalue weighted by atomic mass is 10.2. The molecule has 0 saturated carbocycles. The summed E-state index contributed by atoms with van der Waals surface area (Å²) in [5, 5.41) is 23.1. The second kappa shape index (κ2) is 8.19. The molecule has 0 radical (unpaired) electrons. The number of aromatic hydroxyl groups is 1. The first-order chi connectivity index (χ1) is 13.3. The molecule has 1 aliphatic rings. The zero-order chi connectivity index (χ0) is 20.3. The number of carbonyl (C=O) groups is 2. The van der Waals surface area contributed by atoms with Crippen LogP contribution in [0, 0.1) is 10.1 Å². The summed E-state index contributed by atoms with van der Waals surface area (Å²) in [6.45, 7) is -0.292. The SMILES string of the molecule is O=C(CN1C(=O)/C(=C/c2ccccc2O)SC1=S)Nc1ccc([N+](=O)[O-])cc1. The van der Waals surface area contributed by atoms with E-state index in [1.165, 1.54) is 36.4 Å². The van der Waals surface area contributed by atoms with Crippen LogP contribution in [0.4, 0.5) is 11.4 Å². The number of phenols is 1. The first-order valence-electron chi connectivity index (χ1n) is 7.93. The van der Waals surface area contributed by atoms with Crippen molar-refractivity contribution >= 4 is 57.6 Å². The van der Waals surface area contributed by atoms with Gasteiger partial charge >= 0.3 is 0 Å². The Balaban J connectivity index is 1.68. The van der Waals surface area contributed by atoms with Gasteiger partial charge in [-0.15, -0.1) is 0 Å². The molecule has 0 bridgehead atoms. The highest BCUT2D eigenvalue weighted by molar-refractivity contribution is 8.26. The molecule has 2 amide bonds. The van der Waals surface area contributed by atoms with Crippen molar-refractivity contribution < 1.29 is 19.6 Å². The Morgan fingerprint density at radius 2 is 1.93 bits per heavy atom. The number of para-hydroxylation sites is 1. The number of benzene rings is 2. The quantitative estimate of drug-likeness (QED) is 0.334. The molecule has 142 valence electrons. The number of nitro groups is 1. The molecule has 0 aromatic heterocycles. The zero-order valence-corrected chi connectivity index (χ0v) is 15.8. The fourth-order valence-corrected chi connectivity index (χ4v) is 3.64. The van der Waals surface area contributed by atoms with E-state index in [2.05, 4.69) is 5.32 Å². The Labute approximate surface area is 169 Å². The lowest BCUT2D eigenvalue weighted by Gasteiger charge is -2.14. The minimum atomic E-state index is -0.539. The molecule has 0 aliphatic carbocycles. The van der Waals surface area contributed by atoms with Gasteiger partial charge < -0.3 is 10.4 Å². The Morgan fingerprint density at radius 3 is 2.57 bits per heavy atom. The van der Waals surface area contributed by atoms with E-state index < -0.39 is 16.7 Å². The number of nitrogens with one attached hydrogen (secondary N) is 1. The third-order valence-corrected chi connectivity index (χ3v) is 5.14. The number of hydrogen-bond donors (Lipinski definition) is 2. The molecule has 10 heteroatoms. The number of amides is 2. The topological polar surface area (TPSA) is 113 Å². The molecule has 3 rings (SSSR count). The van der Waals surface area contributed by atoms with Crippen LogP contribution in [0.5, 0.6) is 5.75 Å². The summed E-state index contributed by atoms with van der Waals surface area (Å²) in [6.07, 6.45) is 1.52. The van der Waals surface area contributed by atoms with E-state index in [0.717, 1.165) is 16.7 Å². The number of nitro benzene ring substituents is 1. The molecule has 8 nitrogen and oxygen atoms in total. The van der Waals surface area contributed by atoms with Crippen LogP contribution in [-0.2, 0) is 9.59 Å². The predicted octanol–water partition coefficient (Wildman–Crippen LogP) is 3.14. The molecule has 28 heavy (non-hydrogen) atoms. The number of thiocarbonyl (C=S) groups is 1. The molecule has 2 aromatic carbocycles. The maximum atomic E-state index is 12.6. The normalized spacial score (nSPS) is 15.1. The van der Waals surface area contributed by atoms with Crippen LogP contribution in [0.15, 0.2) is 53.4 Å². The molecule has 0 unspecified atom stereocenters. The van der Waals surface area contributed by atoms with E-state index >= 15 is 0 Å². The molecule has 2 aromatic rings. The fraction of sp³-hybridized carbons (Fsp3) is 0.0556. The molecule has 1 saturated heterocycles. The van der Waals surface area contributed by atoms with Crippen molar-refractivity contribution in [3.8, 4) is 5.75 Å². The van der Waals surface area contributed by atoms with Crippen LogP contribution in [0.25, 0.3) is 6.08 Å². The average Bonchev–Trinajstić information content (AvgIpc) is 2.91. The second-order valence-electron chi connectivity index (χ2n) is 5.68. The van der Waals surface area contributed by atoms with Crippen molar-refractivity contribution in [2.75, 3.05) is 11.9 Å². The lowest BCUT2D eigenvalue weighted by Crippen LogP contribution is -2.36. The van der Waals surface area contributed by atoms with Gasteiger partial charge in [-0.1, -0.05) is 42.2 Å². The number of carbonyl (C=O) groups excluding carboxylic acids is 2. The van der Waals surface area contributed by atoms with Crippen LogP contribution < -0.4 is 5.32 Å². The second-order valence-corrected chi connectivity index (χ2v) is 7.35. The number of nitrogens with zero attached hydrogens (tertiary/aromatic N) is 2. The summed E-state index contributed by atoms with van der Waals surface area (Å²) in [7, 11) is 0. The van der Waals surface area contributed by atoms with Gasteiger partial charge in [0.25, 0.3) is 11.6 Å². The molecule has 0 atom stereocenters. The highest BCUT2D eigenvalue weighted by atomic mass is 32.2. The Morgan fingerprint density at radius 1 is 1.25 bits per heavy atom. The minimum Gasteiger partial charge on any atom is -0.507 e. The summed E-state index contributed by atoms with van der Waals surface area (Å²) in [5.74, 6) is -0.894. The zero-order valence-electron chi connectivity index (χ0n) is 14.2. The van der Waals surface area contributed by atoms with Gasteiger partial charge in [0.1, 0.15) is 16.6 Å². The summed E-state index contributed by atoms with van der Waals surface area (Å²) in [6, 6.07) is 11.9. The highest BCUT2D eigenvalue weighted by Gasteiger charge is 2.33. The summed E-state index contributed by atoms with van der Waals surface area (Å²) < 4.78 is 0.227. The molecule has 1 fully saturated rings. The van der Waals surface area contributed by atoms with Crippen molar-refractivity contribution in [3.05, 3.63) is 69.1 Å². The van der Waals surface area contributed by atoms with Gasteiger partial charge in [0.15, 0.2) is 0 Å². The van der Waals surface area contributed by atoms with Crippen molar-refractivity contribution in [1.82, 2.24) is 4.90 Å². The van der Waals surface area contributed by atoms with Gasteiger partial charge in [-0.2, -0.15) is 0 Å². The maximum absolute atomic E-state index is 12.6. The van der Waals surface area contributed by atoms with Gasteiger partial charge in [0.2, 0.25) is 5.91 Å². The molecule has 1 aliphatic heterocycles. The monoisotopic (exact) mass is 415 g/mol. The highest BCUT2D eigenvalue weighted by Crippen LogP contribution is 2.33. The van der Waals surface area contributed by atoms with Crippen LogP contribution in [0.3, 0.4) is 0 Å². The van der Waals surface area contributed by atoms with Crippen LogP contribution in [0.2, 0.25) is 0 Å². The Hall–Kier alpha value is -3.24. The van der Waals surface area contributed by atoms with Gasteiger partial charge in [-0.25, -0.2) is 0 Å². The Bertz CT molecular complexity index is 1000.